The third kappa shape index (κ3) is 3.37. The predicted octanol–water partition coefficient (Wildman–Crippen LogP) is 3.78. The molecule has 0 aliphatic heterocycles. The van der Waals surface area contributed by atoms with Gasteiger partial charge in [-0.3, -0.25) is 0 Å². The Morgan fingerprint density at radius 2 is 2.17 bits per heavy atom. The van der Waals surface area contributed by atoms with Crippen molar-refractivity contribution in [2.45, 2.75) is 10.6 Å². The van der Waals surface area contributed by atoms with Crippen molar-refractivity contribution in [3.63, 3.8) is 0 Å². The molecule has 0 radical (unpaired) electrons. The number of aromatic nitrogens is 4. The molecule has 2 heterocycles. The Bertz CT molecular complexity index is 830. The Kier molecular flexibility index (Phi) is 4.11. The van der Waals surface area contributed by atoms with Crippen molar-refractivity contribution >= 4 is 24.2 Å². The van der Waals surface area contributed by atoms with Gasteiger partial charge in [0, 0.05) is 18.8 Å². The number of imidazole rings is 1. The fourth-order valence-corrected chi connectivity index (χ4v) is 2.42. The van der Waals surface area contributed by atoms with E-state index < -0.39 is 11.3 Å². The highest BCUT2D eigenvalue weighted by molar-refractivity contribution is 7.80. The van der Waals surface area contributed by atoms with E-state index in [2.05, 4.69) is 32.3 Å². The van der Waals surface area contributed by atoms with Crippen molar-refractivity contribution in [2.75, 3.05) is 0 Å². The molecule has 0 spiro atoms. The van der Waals surface area contributed by atoms with Crippen LogP contribution in [0.4, 0.5) is 8.78 Å². The molecular formula is C14H11ClF2N4OS. The zero-order chi connectivity index (χ0) is 16.6. The summed E-state index contributed by atoms with van der Waals surface area (Å²) in [7, 11) is 1.86. The van der Waals surface area contributed by atoms with Gasteiger partial charge in [-0.15, -0.1) is 0 Å². The smallest absolute Gasteiger partial charge is 0.340 e. The summed E-state index contributed by atoms with van der Waals surface area (Å²) in [6.07, 6.45) is 3.53. The molecule has 1 aromatic carbocycles. The standard InChI is InChI=1S/C14H11ClF2N4OS/c1-21-6-10(18-7-21)11(23)8-3-2-4-9(5-8)12-19-13(22-20-12)14(15,16)17/h2-7,11,23H,1H3. The van der Waals surface area contributed by atoms with Gasteiger partial charge in [0.05, 0.1) is 17.3 Å². The maximum absolute atomic E-state index is 13.0. The van der Waals surface area contributed by atoms with Gasteiger partial charge in [0.25, 0.3) is 0 Å². The van der Waals surface area contributed by atoms with E-state index in [-0.39, 0.29) is 11.1 Å². The topological polar surface area (TPSA) is 56.7 Å². The molecule has 0 saturated carbocycles. The number of alkyl halides is 3. The van der Waals surface area contributed by atoms with Gasteiger partial charge in [0.1, 0.15) is 0 Å². The van der Waals surface area contributed by atoms with Crippen molar-refractivity contribution in [1.82, 2.24) is 19.7 Å². The molecule has 0 aliphatic carbocycles. The molecule has 120 valence electrons. The molecule has 0 amide bonds. The number of aryl methyl sites for hydroxylation is 1. The molecule has 2 aromatic heterocycles. The lowest BCUT2D eigenvalue weighted by atomic mass is 10.1. The van der Waals surface area contributed by atoms with Gasteiger partial charge < -0.3 is 9.09 Å². The summed E-state index contributed by atoms with van der Waals surface area (Å²) in [5, 5.41) is -0.423. The van der Waals surface area contributed by atoms with Crippen molar-refractivity contribution in [1.29, 1.82) is 0 Å². The van der Waals surface area contributed by atoms with Crippen LogP contribution in [0.15, 0.2) is 41.3 Å². The maximum atomic E-state index is 13.0. The first kappa shape index (κ1) is 15.9. The normalized spacial score (nSPS) is 13.3. The van der Waals surface area contributed by atoms with Gasteiger partial charge in [-0.2, -0.15) is 26.4 Å². The van der Waals surface area contributed by atoms with E-state index in [0.29, 0.717) is 5.56 Å². The lowest BCUT2D eigenvalue weighted by molar-refractivity contribution is 0.0551. The summed E-state index contributed by atoms with van der Waals surface area (Å²) in [4.78, 5) is 7.88. The zero-order valence-electron chi connectivity index (χ0n) is 11.8. The fourth-order valence-electron chi connectivity index (χ4n) is 2.05. The van der Waals surface area contributed by atoms with Crippen LogP contribution in [0.25, 0.3) is 11.4 Å². The molecule has 0 aliphatic rings. The van der Waals surface area contributed by atoms with Gasteiger partial charge in [0.15, 0.2) is 0 Å². The highest BCUT2D eigenvalue weighted by Gasteiger charge is 2.35. The molecule has 3 aromatic rings. The Morgan fingerprint density at radius 1 is 1.39 bits per heavy atom. The largest absolute Gasteiger partial charge is 0.400 e. The van der Waals surface area contributed by atoms with E-state index in [4.69, 9.17) is 11.6 Å². The van der Waals surface area contributed by atoms with Crippen LogP contribution in [-0.2, 0) is 12.4 Å². The van der Waals surface area contributed by atoms with Crippen LogP contribution in [0.3, 0.4) is 0 Å². The molecule has 0 N–H and O–H groups in total. The first-order valence-electron chi connectivity index (χ1n) is 6.52. The predicted molar refractivity (Wildman–Crippen MR) is 83.5 cm³/mol. The summed E-state index contributed by atoms with van der Waals surface area (Å²) >= 11 is 9.42. The number of rotatable bonds is 4. The van der Waals surface area contributed by atoms with E-state index in [1.807, 2.05) is 23.9 Å². The van der Waals surface area contributed by atoms with Crippen LogP contribution in [-0.4, -0.2) is 19.7 Å². The lowest BCUT2D eigenvalue weighted by Gasteiger charge is -2.09. The molecule has 9 heteroatoms. The molecular weight excluding hydrogens is 346 g/mol. The SMILES string of the molecule is Cn1cnc(C(S)c2cccc(-c3noc(C(F)(F)Cl)n3)c2)c1. The summed E-state index contributed by atoms with van der Waals surface area (Å²) in [6.45, 7) is 0. The maximum Gasteiger partial charge on any atom is 0.400 e. The highest BCUT2D eigenvalue weighted by Crippen LogP contribution is 2.33. The summed E-state index contributed by atoms with van der Waals surface area (Å²) < 4.78 is 32.2. The average molecular weight is 357 g/mol. The quantitative estimate of drug-likeness (QED) is 0.571. The van der Waals surface area contributed by atoms with Crippen LogP contribution < -0.4 is 0 Å². The zero-order valence-corrected chi connectivity index (χ0v) is 13.5. The number of hydrogen-bond donors (Lipinski definition) is 1. The molecule has 1 atom stereocenters. The fraction of sp³-hybridized carbons (Fsp3) is 0.214. The van der Waals surface area contributed by atoms with Gasteiger partial charge in [-0.05, 0) is 23.2 Å². The van der Waals surface area contributed by atoms with E-state index in [1.165, 1.54) is 0 Å². The second-order valence-corrected chi connectivity index (χ2v) is 5.90. The Balaban J connectivity index is 1.92. The molecule has 0 bridgehead atoms. The lowest BCUT2D eigenvalue weighted by Crippen LogP contribution is -2.03. The van der Waals surface area contributed by atoms with Crippen LogP contribution >= 0.6 is 24.2 Å². The second-order valence-electron chi connectivity index (χ2n) is 4.91. The minimum Gasteiger partial charge on any atom is -0.340 e. The minimum absolute atomic E-state index is 0.0312. The van der Waals surface area contributed by atoms with E-state index in [0.717, 1.165) is 11.3 Å². The number of nitrogens with zero attached hydrogens (tertiary/aromatic N) is 4. The summed E-state index contributed by atoms with van der Waals surface area (Å²) in [5.74, 6) is -0.907. The molecule has 5 nitrogen and oxygen atoms in total. The first-order valence-corrected chi connectivity index (χ1v) is 7.41. The van der Waals surface area contributed by atoms with Crippen molar-refractivity contribution in [2.24, 2.45) is 7.05 Å². The minimum atomic E-state index is -3.69. The van der Waals surface area contributed by atoms with E-state index >= 15 is 0 Å². The highest BCUT2D eigenvalue weighted by atomic mass is 35.5. The third-order valence-electron chi connectivity index (χ3n) is 3.13. The van der Waals surface area contributed by atoms with Crippen molar-refractivity contribution in [3.8, 4) is 11.4 Å². The van der Waals surface area contributed by atoms with Gasteiger partial charge >= 0.3 is 11.3 Å². The van der Waals surface area contributed by atoms with Crippen LogP contribution in [0.2, 0.25) is 0 Å². The average Bonchev–Trinajstić information content (AvgIpc) is 3.15. The van der Waals surface area contributed by atoms with Crippen LogP contribution in [0.5, 0.6) is 0 Å². The number of hydrogen-bond acceptors (Lipinski definition) is 5. The summed E-state index contributed by atoms with van der Waals surface area (Å²) in [6, 6.07) is 7.04. The Hall–Kier alpha value is -1.93. The number of benzene rings is 1. The molecule has 3 rings (SSSR count). The van der Waals surface area contributed by atoms with Crippen molar-refractivity contribution in [3.05, 3.63) is 53.9 Å². The van der Waals surface area contributed by atoms with E-state index in [9.17, 15) is 8.78 Å². The number of thiol groups is 1. The van der Waals surface area contributed by atoms with Gasteiger partial charge in [-0.25, -0.2) is 4.98 Å². The first-order chi connectivity index (χ1) is 10.8. The molecule has 23 heavy (non-hydrogen) atoms. The van der Waals surface area contributed by atoms with Gasteiger partial charge in [0.2, 0.25) is 5.82 Å². The van der Waals surface area contributed by atoms with Crippen LogP contribution in [0, 0.1) is 0 Å². The Morgan fingerprint density at radius 3 is 2.78 bits per heavy atom. The Labute approximate surface area is 140 Å². The monoisotopic (exact) mass is 356 g/mol. The second kappa shape index (κ2) is 5.93. The molecule has 0 saturated heterocycles. The third-order valence-corrected chi connectivity index (χ3v) is 3.86. The van der Waals surface area contributed by atoms with Gasteiger partial charge in [-0.1, -0.05) is 23.4 Å². The van der Waals surface area contributed by atoms with Crippen molar-refractivity contribution < 1.29 is 13.3 Å². The number of halogens is 3. The molecule has 1 unspecified atom stereocenters. The van der Waals surface area contributed by atoms with Crippen LogP contribution in [0.1, 0.15) is 22.4 Å². The van der Waals surface area contributed by atoms with E-state index in [1.54, 1.807) is 24.5 Å². The summed E-state index contributed by atoms with van der Waals surface area (Å²) in [5.41, 5.74) is 2.12. The molecule has 0 fully saturated rings.